The number of hydrogen-bond acceptors (Lipinski definition) is 4. The van der Waals surface area contributed by atoms with E-state index in [1.165, 1.54) is 0 Å². The maximum Gasteiger partial charge on any atom is 0.159 e. The molecule has 84 valence electrons. The first-order chi connectivity index (χ1) is 7.59. The van der Waals surface area contributed by atoms with Gasteiger partial charge in [-0.3, -0.25) is 0 Å². The first-order valence-corrected chi connectivity index (χ1v) is 5.31. The Kier molecular flexibility index (Phi) is 2.78. The number of nitrogens with two attached hydrogens (primary N) is 1. The van der Waals surface area contributed by atoms with Gasteiger partial charge < -0.3 is 5.73 Å². The fourth-order valence-corrected chi connectivity index (χ4v) is 1.62. The third-order valence-corrected chi connectivity index (χ3v) is 2.53. The molecule has 2 aromatic rings. The molecule has 0 unspecified atom stereocenters. The Morgan fingerprint density at radius 2 is 2.12 bits per heavy atom. The highest BCUT2D eigenvalue weighted by atomic mass is 35.5. The van der Waals surface area contributed by atoms with Gasteiger partial charge in [-0.25, -0.2) is 0 Å². The number of halogens is 1. The summed E-state index contributed by atoms with van der Waals surface area (Å²) in [5, 5.41) is 12.1. The van der Waals surface area contributed by atoms with Crippen LogP contribution < -0.4 is 5.73 Å². The van der Waals surface area contributed by atoms with Gasteiger partial charge in [0.15, 0.2) is 5.82 Å². The van der Waals surface area contributed by atoms with Gasteiger partial charge in [-0.05, 0) is 28.6 Å². The van der Waals surface area contributed by atoms with E-state index in [9.17, 15) is 0 Å². The Hall–Kier alpha value is -1.62. The van der Waals surface area contributed by atoms with Crippen LogP contribution in [-0.2, 0) is 0 Å². The maximum atomic E-state index is 6.09. The monoisotopic (exact) mass is 237 g/mol. The molecule has 0 fully saturated rings. The van der Waals surface area contributed by atoms with E-state index in [1.54, 1.807) is 22.9 Å². The molecular weight excluding hydrogens is 226 g/mol. The summed E-state index contributed by atoms with van der Waals surface area (Å²) in [6.07, 6.45) is 0. The number of nitrogens with zero attached hydrogens (tertiary/aromatic N) is 4. The summed E-state index contributed by atoms with van der Waals surface area (Å²) in [5.41, 5.74) is 7.05. The molecule has 0 aliphatic heterocycles. The predicted octanol–water partition coefficient (Wildman–Crippen LogP) is 2.02. The van der Waals surface area contributed by atoms with Gasteiger partial charge in [0.05, 0.1) is 10.7 Å². The zero-order chi connectivity index (χ0) is 11.7. The first kappa shape index (κ1) is 10.9. The molecule has 0 atom stereocenters. The van der Waals surface area contributed by atoms with Crippen LogP contribution in [0.1, 0.15) is 25.6 Å². The summed E-state index contributed by atoms with van der Waals surface area (Å²) in [7, 11) is 0. The summed E-state index contributed by atoms with van der Waals surface area (Å²) >= 11 is 6.09. The third kappa shape index (κ3) is 1.86. The predicted molar refractivity (Wildman–Crippen MR) is 62.7 cm³/mol. The topological polar surface area (TPSA) is 69.6 Å². The van der Waals surface area contributed by atoms with Crippen molar-refractivity contribution in [3.05, 3.63) is 29.0 Å². The second-order valence-corrected chi connectivity index (χ2v) is 4.22. The van der Waals surface area contributed by atoms with Crippen molar-refractivity contribution in [3.8, 4) is 5.69 Å². The number of benzene rings is 1. The van der Waals surface area contributed by atoms with Gasteiger partial charge in [-0.2, -0.15) is 4.68 Å². The summed E-state index contributed by atoms with van der Waals surface area (Å²) in [5.74, 6) is 0.972. The molecule has 0 spiro atoms. The molecule has 1 aromatic heterocycles. The van der Waals surface area contributed by atoms with Crippen LogP contribution >= 0.6 is 11.6 Å². The number of nitrogen functional groups attached to an aromatic ring is 1. The molecule has 0 saturated heterocycles. The second kappa shape index (κ2) is 4.09. The van der Waals surface area contributed by atoms with E-state index in [0.717, 1.165) is 5.82 Å². The van der Waals surface area contributed by atoms with Crippen molar-refractivity contribution in [3.63, 3.8) is 0 Å². The van der Waals surface area contributed by atoms with Gasteiger partial charge in [0.2, 0.25) is 0 Å². The van der Waals surface area contributed by atoms with Crippen molar-refractivity contribution >= 4 is 17.3 Å². The molecule has 1 heterocycles. The number of rotatable bonds is 2. The lowest BCUT2D eigenvalue weighted by molar-refractivity contribution is 0.710. The molecule has 16 heavy (non-hydrogen) atoms. The highest BCUT2D eigenvalue weighted by Crippen LogP contribution is 2.24. The number of hydrogen-bond donors (Lipinski definition) is 1. The molecule has 0 aliphatic carbocycles. The van der Waals surface area contributed by atoms with E-state index in [1.807, 2.05) is 13.8 Å². The summed E-state index contributed by atoms with van der Waals surface area (Å²) in [6.45, 7) is 4.03. The number of aromatic nitrogens is 4. The minimum atomic E-state index is 0.215. The maximum absolute atomic E-state index is 6.09. The highest BCUT2D eigenvalue weighted by molar-refractivity contribution is 6.32. The van der Waals surface area contributed by atoms with Crippen molar-refractivity contribution in [2.24, 2.45) is 0 Å². The van der Waals surface area contributed by atoms with E-state index in [4.69, 9.17) is 17.3 Å². The van der Waals surface area contributed by atoms with Crippen molar-refractivity contribution in [1.29, 1.82) is 0 Å². The molecule has 0 radical (unpaired) electrons. The second-order valence-electron chi connectivity index (χ2n) is 3.81. The van der Waals surface area contributed by atoms with Crippen LogP contribution in [0.25, 0.3) is 5.69 Å². The lowest BCUT2D eigenvalue weighted by Gasteiger charge is -2.08. The van der Waals surface area contributed by atoms with Crippen molar-refractivity contribution in [2.45, 2.75) is 19.8 Å². The molecule has 2 N–H and O–H groups in total. The molecule has 6 heteroatoms. The van der Waals surface area contributed by atoms with E-state index in [-0.39, 0.29) is 5.92 Å². The molecule has 2 rings (SSSR count). The molecule has 0 amide bonds. The average molecular weight is 238 g/mol. The van der Waals surface area contributed by atoms with Gasteiger partial charge in [0.25, 0.3) is 0 Å². The molecule has 0 bridgehead atoms. The van der Waals surface area contributed by atoms with Crippen LogP contribution in [-0.4, -0.2) is 20.2 Å². The van der Waals surface area contributed by atoms with Crippen LogP contribution in [0.4, 0.5) is 5.69 Å². The molecule has 0 saturated carbocycles. The Bertz CT molecular complexity index is 506. The number of anilines is 1. The smallest absolute Gasteiger partial charge is 0.159 e. The summed E-state index contributed by atoms with van der Waals surface area (Å²) < 4.78 is 1.61. The fourth-order valence-electron chi connectivity index (χ4n) is 1.42. The lowest BCUT2D eigenvalue weighted by atomic mass is 10.2. The fraction of sp³-hybridized carbons (Fsp3) is 0.300. The highest BCUT2D eigenvalue weighted by Gasteiger charge is 2.14. The molecular formula is C10H12ClN5. The van der Waals surface area contributed by atoms with Crippen LogP contribution in [0.5, 0.6) is 0 Å². The Morgan fingerprint density at radius 3 is 2.81 bits per heavy atom. The van der Waals surface area contributed by atoms with Crippen molar-refractivity contribution < 1.29 is 0 Å². The lowest BCUT2D eigenvalue weighted by Crippen LogP contribution is -2.06. The van der Waals surface area contributed by atoms with Gasteiger partial charge in [-0.15, -0.1) is 5.10 Å². The van der Waals surface area contributed by atoms with Gasteiger partial charge >= 0.3 is 0 Å². The molecule has 0 aliphatic rings. The van der Waals surface area contributed by atoms with Gasteiger partial charge in [0.1, 0.15) is 0 Å². The van der Waals surface area contributed by atoms with E-state index < -0.39 is 0 Å². The van der Waals surface area contributed by atoms with E-state index in [0.29, 0.717) is 16.4 Å². The normalized spacial score (nSPS) is 11.0. The average Bonchev–Trinajstić information content (AvgIpc) is 2.70. The largest absolute Gasteiger partial charge is 0.399 e. The van der Waals surface area contributed by atoms with Crippen LogP contribution in [0.2, 0.25) is 5.02 Å². The van der Waals surface area contributed by atoms with Gasteiger partial charge in [-0.1, -0.05) is 25.4 Å². The van der Waals surface area contributed by atoms with Crippen LogP contribution in [0, 0.1) is 0 Å². The SMILES string of the molecule is CC(C)c1nnnn1-c1cc(N)ccc1Cl. The quantitative estimate of drug-likeness (QED) is 0.812. The van der Waals surface area contributed by atoms with E-state index in [2.05, 4.69) is 15.5 Å². The molecule has 5 nitrogen and oxygen atoms in total. The first-order valence-electron chi connectivity index (χ1n) is 4.93. The zero-order valence-corrected chi connectivity index (χ0v) is 9.81. The Labute approximate surface area is 98.2 Å². The third-order valence-electron chi connectivity index (χ3n) is 2.21. The van der Waals surface area contributed by atoms with Crippen molar-refractivity contribution in [2.75, 3.05) is 5.73 Å². The minimum Gasteiger partial charge on any atom is -0.399 e. The van der Waals surface area contributed by atoms with Gasteiger partial charge in [0, 0.05) is 11.6 Å². The molecule has 1 aromatic carbocycles. The Morgan fingerprint density at radius 1 is 1.38 bits per heavy atom. The minimum absolute atomic E-state index is 0.215. The van der Waals surface area contributed by atoms with Crippen LogP contribution in [0.3, 0.4) is 0 Å². The summed E-state index contributed by atoms with van der Waals surface area (Å²) in [4.78, 5) is 0. The standard InChI is InChI=1S/C10H12ClN5/c1-6(2)10-13-14-15-16(10)9-5-7(12)3-4-8(9)11/h3-6H,12H2,1-2H3. The zero-order valence-electron chi connectivity index (χ0n) is 9.05. The van der Waals surface area contributed by atoms with E-state index >= 15 is 0 Å². The van der Waals surface area contributed by atoms with Crippen LogP contribution in [0.15, 0.2) is 18.2 Å². The Balaban J connectivity index is 2.58. The summed E-state index contributed by atoms with van der Waals surface area (Å²) in [6, 6.07) is 5.23. The van der Waals surface area contributed by atoms with Crippen molar-refractivity contribution in [1.82, 2.24) is 20.2 Å². The number of tetrazole rings is 1.